The molecule has 6 aromatic rings. The van der Waals surface area contributed by atoms with Crippen LogP contribution >= 0.6 is 0 Å². The highest BCUT2D eigenvalue weighted by molar-refractivity contribution is 6.01. The lowest BCUT2D eigenvalue weighted by atomic mass is 10.1. The van der Waals surface area contributed by atoms with Gasteiger partial charge >= 0.3 is 0 Å². The number of hydrogen-bond donors (Lipinski definition) is 2. The molecule has 0 aliphatic carbocycles. The van der Waals surface area contributed by atoms with Crippen LogP contribution in [0, 0.1) is 0 Å². The topological polar surface area (TPSA) is 63.1 Å². The van der Waals surface area contributed by atoms with E-state index < -0.39 is 0 Å². The fraction of sp³-hybridized carbons (Fsp3) is 0. The number of fused-ring (bicyclic) bond motifs is 2. The Morgan fingerprint density at radius 2 is 1.47 bits per heavy atom. The van der Waals surface area contributed by atoms with E-state index in [9.17, 15) is 5.11 Å². The first-order valence-electron chi connectivity index (χ1n) is 10.4. The number of hydrogen-bond acceptors (Lipinski definition) is 3. The molecule has 6 rings (SSSR count). The molecule has 0 spiro atoms. The number of benzene rings is 4. The number of ether oxygens (including phenoxy) is 1. The largest absolute Gasteiger partial charge is 0.494 e. The van der Waals surface area contributed by atoms with Gasteiger partial charge in [0.25, 0.3) is 0 Å². The van der Waals surface area contributed by atoms with Gasteiger partial charge in [-0.3, -0.25) is 4.57 Å². The number of aromatic amines is 1. The molecule has 0 unspecified atom stereocenters. The van der Waals surface area contributed by atoms with E-state index in [1.54, 1.807) is 6.33 Å². The van der Waals surface area contributed by atoms with Crippen LogP contribution in [0.15, 0.2) is 103 Å². The van der Waals surface area contributed by atoms with Crippen molar-refractivity contribution in [3.8, 4) is 34.3 Å². The van der Waals surface area contributed by atoms with Gasteiger partial charge < -0.3 is 14.8 Å². The van der Waals surface area contributed by atoms with Crippen LogP contribution in [0.3, 0.4) is 0 Å². The number of nitrogens with zero attached hydrogens (tertiary/aromatic N) is 2. The lowest BCUT2D eigenvalue weighted by Gasteiger charge is -2.12. The average molecular weight is 417 g/mol. The summed E-state index contributed by atoms with van der Waals surface area (Å²) >= 11 is 0. The molecular formula is C27H19N3O2. The van der Waals surface area contributed by atoms with Crippen LogP contribution in [0.2, 0.25) is 0 Å². The molecule has 2 N–H and O–H groups in total. The first-order valence-corrected chi connectivity index (χ1v) is 10.4. The van der Waals surface area contributed by atoms with Gasteiger partial charge in [0, 0.05) is 10.8 Å². The Morgan fingerprint density at radius 1 is 0.750 bits per heavy atom. The molecule has 0 fully saturated rings. The zero-order chi connectivity index (χ0) is 21.5. The van der Waals surface area contributed by atoms with Crippen molar-refractivity contribution in [2.24, 2.45) is 0 Å². The van der Waals surface area contributed by atoms with Crippen LogP contribution in [0.5, 0.6) is 17.4 Å². The minimum absolute atomic E-state index is 0.207. The van der Waals surface area contributed by atoms with E-state index in [-0.39, 0.29) is 5.88 Å². The van der Waals surface area contributed by atoms with Crippen LogP contribution in [-0.4, -0.2) is 19.6 Å². The second kappa shape index (κ2) is 7.32. The summed E-state index contributed by atoms with van der Waals surface area (Å²) in [7, 11) is 0. The molecular weight excluding hydrogens is 398 g/mol. The summed E-state index contributed by atoms with van der Waals surface area (Å²) in [6.07, 6.45) is 1.67. The number of aromatic nitrogens is 3. The Morgan fingerprint density at radius 3 is 2.28 bits per heavy atom. The average Bonchev–Trinajstić information content (AvgIpc) is 3.42. The smallest absolute Gasteiger partial charge is 0.204 e. The third-order valence-electron chi connectivity index (χ3n) is 5.63. The predicted molar refractivity (Wildman–Crippen MR) is 127 cm³/mol. The van der Waals surface area contributed by atoms with Gasteiger partial charge in [-0.1, -0.05) is 36.4 Å². The van der Waals surface area contributed by atoms with Crippen LogP contribution in [0.1, 0.15) is 0 Å². The van der Waals surface area contributed by atoms with E-state index in [2.05, 4.69) is 9.97 Å². The summed E-state index contributed by atoms with van der Waals surface area (Å²) < 4.78 is 7.84. The number of nitrogens with one attached hydrogen (secondary N) is 1. The molecule has 0 amide bonds. The normalized spacial score (nSPS) is 11.2. The standard InChI is InChI=1S/C27H19N3O2/c31-27-23-9-5-4-8-22(23)26(30(27)19-12-15-24-25(16-19)29-17-28-24)18-10-13-21(14-11-18)32-20-6-2-1-3-7-20/h1-17,31H,(H,28,29). The van der Waals surface area contributed by atoms with Crippen LogP contribution < -0.4 is 4.74 Å². The fourth-order valence-electron chi connectivity index (χ4n) is 4.14. The molecule has 32 heavy (non-hydrogen) atoms. The Labute approximate surface area is 184 Å². The van der Waals surface area contributed by atoms with Gasteiger partial charge in [-0.15, -0.1) is 0 Å². The molecule has 154 valence electrons. The minimum atomic E-state index is 0.207. The highest BCUT2D eigenvalue weighted by Crippen LogP contribution is 2.41. The Kier molecular flexibility index (Phi) is 4.18. The van der Waals surface area contributed by atoms with E-state index in [1.807, 2.05) is 102 Å². The molecule has 0 atom stereocenters. The van der Waals surface area contributed by atoms with Crippen LogP contribution in [0.25, 0.3) is 38.8 Å². The summed E-state index contributed by atoms with van der Waals surface area (Å²) in [4.78, 5) is 7.45. The molecule has 0 aliphatic heterocycles. The van der Waals surface area contributed by atoms with Gasteiger partial charge in [-0.05, 0) is 66.2 Å². The molecule has 4 aromatic carbocycles. The molecule has 2 heterocycles. The van der Waals surface area contributed by atoms with Crippen molar-refractivity contribution in [1.29, 1.82) is 0 Å². The molecule has 5 heteroatoms. The van der Waals surface area contributed by atoms with E-state index in [1.165, 1.54) is 0 Å². The summed E-state index contributed by atoms with van der Waals surface area (Å²) in [5.74, 6) is 1.75. The van der Waals surface area contributed by atoms with Crippen molar-refractivity contribution in [3.63, 3.8) is 0 Å². The van der Waals surface area contributed by atoms with Crippen LogP contribution in [0.4, 0.5) is 0 Å². The lowest BCUT2D eigenvalue weighted by Crippen LogP contribution is -1.96. The first-order chi connectivity index (χ1) is 15.8. The number of aromatic hydroxyl groups is 1. The fourth-order valence-corrected chi connectivity index (χ4v) is 4.14. The first kappa shape index (κ1) is 18.3. The zero-order valence-electron chi connectivity index (χ0n) is 17.1. The summed E-state index contributed by atoms with van der Waals surface area (Å²) in [5, 5.41) is 13.0. The van der Waals surface area contributed by atoms with E-state index >= 15 is 0 Å². The monoisotopic (exact) mass is 417 g/mol. The van der Waals surface area contributed by atoms with Crippen molar-refractivity contribution in [2.75, 3.05) is 0 Å². The third-order valence-corrected chi connectivity index (χ3v) is 5.63. The molecule has 0 saturated carbocycles. The van der Waals surface area contributed by atoms with Gasteiger partial charge in [0.2, 0.25) is 5.88 Å². The van der Waals surface area contributed by atoms with Crippen molar-refractivity contribution < 1.29 is 9.84 Å². The van der Waals surface area contributed by atoms with Gasteiger partial charge in [0.05, 0.1) is 28.7 Å². The maximum absolute atomic E-state index is 11.2. The number of rotatable bonds is 4. The van der Waals surface area contributed by atoms with E-state index in [0.29, 0.717) is 0 Å². The minimum Gasteiger partial charge on any atom is -0.494 e. The Bertz CT molecular complexity index is 1550. The van der Waals surface area contributed by atoms with E-state index in [4.69, 9.17) is 4.74 Å². The molecule has 2 aromatic heterocycles. The quantitative estimate of drug-likeness (QED) is 0.337. The second-order valence-electron chi connectivity index (χ2n) is 7.60. The van der Waals surface area contributed by atoms with Gasteiger partial charge in [0.1, 0.15) is 11.5 Å². The van der Waals surface area contributed by atoms with Crippen LogP contribution in [-0.2, 0) is 0 Å². The summed E-state index contributed by atoms with van der Waals surface area (Å²) in [5.41, 5.74) is 4.55. The van der Waals surface area contributed by atoms with Crippen molar-refractivity contribution in [1.82, 2.24) is 14.5 Å². The highest BCUT2D eigenvalue weighted by atomic mass is 16.5. The molecule has 0 radical (unpaired) electrons. The predicted octanol–water partition coefficient (Wildman–Crippen LogP) is 6.67. The zero-order valence-corrected chi connectivity index (χ0v) is 17.1. The summed E-state index contributed by atoms with van der Waals surface area (Å²) in [6.45, 7) is 0. The van der Waals surface area contributed by atoms with Gasteiger partial charge in [0.15, 0.2) is 0 Å². The third kappa shape index (κ3) is 2.99. The Hall–Kier alpha value is -4.51. The van der Waals surface area contributed by atoms with Gasteiger partial charge in [-0.25, -0.2) is 4.98 Å². The number of H-pyrrole nitrogens is 1. The SMILES string of the molecule is Oc1c2ccccc2c(-c2ccc(Oc3ccccc3)cc2)n1-c1ccc2nc[nH]c2c1. The van der Waals surface area contributed by atoms with Crippen molar-refractivity contribution >= 4 is 21.8 Å². The molecule has 0 aliphatic rings. The van der Waals surface area contributed by atoms with E-state index in [0.717, 1.165) is 50.2 Å². The Balaban J connectivity index is 1.50. The lowest BCUT2D eigenvalue weighted by molar-refractivity contribution is 0.449. The van der Waals surface area contributed by atoms with Crippen molar-refractivity contribution in [2.45, 2.75) is 0 Å². The maximum Gasteiger partial charge on any atom is 0.204 e. The molecule has 5 nitrogen and oxygen atoms in total. The van der Waals surface area contributed by atoms with Gasteiger partial charge in [-0.2, -0.15) is 0 Å². The molecule has 0 bridgehead atoms. The van der Waals surface area contributed by atoms with Crippen molar-refractivity contribution in [3.05, 3.63) is 103 Å². The summed E-state index contributed by atoms with van der Waals surface area (Å²) in [6, 6.07) is 31.4. The highest BCUT2D eigenvalue weighted by Gasteiger charge is 2.19. The number of imidazole rings is 1. The number of para-hydroxylation sites is 1. The maximum atomic E-state index is 11.2. The second-order valence-corrected chi connectivity index (χ2v) is 7.60. The molecule has 0 saturated heterocycles.